The van der Waals surface area contributed by atoms with Crippen molar-refractivity contribution in [1.29, 1.82) is 0 Å². The monoisotopic (exact) mass is 452 g/mol. The van der Waals surface area contributed by atoms with Gasteiger partial charge in [-0.25, -0.2) is 9.97 Å². The summed E-state index contributed by atoms with van der Waals surface area (Å²) >= 11 is 0. The van der Waals surface area contributed by atoms with E-state index in [1.54, 1.807) is 25.6 Å². The highest BCUT2D eigenvalue weighted by molar-refractivity contribution is 5.92. The van der Waals surface area contributed by atoms with Gasteiger partial charge in [-0.15, -0.1) is 0 Å². The summed E-state index contributed by atoms with van der Waals surface area (Å²) in [5, 5.41) is 11.0. The van der Waals surface area contributed by atoms with Crippen molar-refractivity contribution < 1.29 is 18.8 Å². The number of rotatable bonds is 6. The molecule has 2 aromatic heterocycles. The highest BCUT2D eigenvalue weighted by Crippen LogP contribution is 2.34. The van der Waals surface area contributed by atoms with Gasteiger partial charge in [-0.3, -0.25) is 4.79 Å². The van der Waals surface area contributed by atoms with Gasteiger partial charge in [0.1, 0.15) is 12.0 Å². The van der Waals surface area contributed by atoms with Gasteiger partial charge in [0, 0.05) is 49.5 Å². The molecule has 0 unspecified atom stereocenters. The van der Waals surface area contributed by atoms with Crippen molar-refractivity contribution >= 4 is 28.4 Å². The second kappa shape index (κ2) is 9.62. The second-order valence-corrected chi connectivity index (χ2v) is 8.38. The number of hydrogen-bond acceptors (Lipinski definition) is 9. The van der Waals surface area contributed by atoms with E-state index in [1.165, 1.54) is 0 Å². The van der Waals surface area contributed by atoms with E-state index in [0.717, 1.165) is 74.3 Å². The van der Waals surface area contributed by atoms with Crippen LogP contribution in [0.3, 0.4) is 0 Å². The van der Waals surface area contributed by atoms with Crippen molar-refractivity contribution in [2.75, 3.05) is 43.6 Å². The molecule has 10 nitrogen and oxygen atoms in total. The van der Waals surface area contributed by atoms with Crippen LogP contribution in [-0.2, 0) is 4.74 Å². The molecule has 0 radical (unpaired) electrons. The first-order valence-corrected chi connectivity index (χ1v) is 11.4. The molecule has 1 aliphatic carbocycles. The Morgan fingerprint density at radius 2 is 2.00 bits per heavy atom. The molecule has 0 spiro atoms. The van der Waals surface area contributed by atoms with Crippen LogP contribution in [0.15, 0.2) is 35.2 Å². The molecule has 10 heteroatoms. The highest BCUT2D eigenvalue weighted by atomic mass is 16.5. The minimum atomic E-state index is -0.226. The standard InChI is InChI=1S/C23H28N6O4/c1-24-22(30)19-6-7-25-23(27-19)26-16-2-4-18(5-3-16)33-20-13-17(29-8-10-31-11-9-29)12-15-14-32-28-21(15)20/h6-7,12-14,16,18H,2-5,8-11H2,1H3,(H,24,30)(H,25,26,27). The van der Waals surface area contributed by atoms with Crippen LogP contribution in [-0.4, -0.2) is 66.5 Å². The largest absolute Gasteiger partial charge is 0.488 e. The minimum Gasteiger partial charge on any atom is -0.488 e. The molecule has 33 heavy (non-hydrogen) atoms. The number of morpholine rings is 1. The van der Waals surface area contributed by atoms with Crippen molar-refractivity contribution in [2.24, 2.45) is 0 Å². The van der Waals surface area contributed by atoms with Crippen LogP contribution in [0.5, 0.6) is 5.75 Å². The maximum Gasteiger partial charge on any atom is 0.269 e. The zero-order valence-corrected chi connectivity index (χ0v) is 18.6. The summed E-state index contributed by atoms with van der Waals surface area (Å²) in [6, 6.07) is 6.00. The Morgan fingerprint density at radius 1 is 1.18 bits per heavy atom. The van der Waals surface area contributed by atoms with Crippen LogP contribution in [0.1, 0.15) is 36.2 Å². The first-order chi connectivity index (χ1) is 16.2. The number of amides is 1. The molecule has 1 saturated heterocycles. The fourth-order valence-electron chi connectivity index (χ4n) is 4.40. The summed E-state index contributed by atoms with van der Waals surface area (Å²) in [7, 11) is 1.59. The topological polar surface area (TPSA) is 115 Å². The Labute approximate surface area is 191 Å². The van der Waals surface area contributed by atoms with Gasteiger partial charge in [0.15, 0.2) is 11.3 Å². The molecule has 2 aliphatic rings. The zero-order chi connectivity index (χ0) is 22.6. The number of benzene rings is 1. The number of ether oxygens (including phenoxy) is 2. The molecule has 1 saturated carbocycles. The summed E-state index contributed by atoms with van der Waals surface area (Å²) in [5.41, 5.74) is 2.21. The van der Waals surface area contributed by atoms with E-state index in [4.69, 9.17) is 14.0 Å². The first kappa shape index (κ1) is 21.4. The minimum absolute atomic E-state index is 0.0982. The second-order valence-electron chi connectivity index (χ2n) is 8.38. The third-order valence-corrected chi connectivity index (χ3v) is 6.21. The van der Waals surface area contributed by atoms with E-state index in [1.807, 2.05) is 0 Å². The van der Waals surface area contributed by atoms with Crippen LogP contribution < -0.4 is 20.3 Å². The van der Waals surface area contributed by atoms with E-state index in [2.05, 4.69) is 42.8 Å². The summed E-state index contributed by atoms with van der Waals surface area (Å²) < 4.78 is 17.1. The molecule has 5 rings (SSSR count). The van der Waals surface area contributed by atoms with Crippen LogP contribution in [0.2, 0.25) is 0 Å². The Morgan fingerprint density at radius 3 is 2.79 bits per heavy atom. The number of fused-ring (bicyclic) bond motifs is 1. The Balaban J connectivity index is 1.22. The summed E-state index contributed by atoms with van der Waals surface area (Å²) in [6.07, 6.45) is 6.99. The molecule has 3 aromatic rings. The molecular weight excluding hydrogens is 424 g/mol. The van der Waals surface area contributed by atoms with Gasteiger partial charge in [0.05, 0.1) is 19.3 Å². The maximum absolute atomic E-state index is 11.8. The number of carbonyl (C=O) groups excluding carboxylic acids is 1. The van der Waals surface area contributed by atoms with E-state index >= 15 is 0 Å². The van der Waals surface area contributed by atoms with Crippen LogP contribution in [0.4, 0.5) is 11.6 Å². The Hall–Kier alpha value is -3.40. The van der Waals surface area contributed by atoms with Crippen molar-refractivity contribution in [3.05, 3.63) is 36.4 Å². The van der Waals surface area contributed by atoms with Gasteiger partial charge in [-0.1, -0.05) is 5.16 Å². The van der Waals surface area contributed by atoms with Gasteiger partial charge < -0.3 is 29.5 Å². The predicted molar refractivity (Wildman–Crippen MR) is 123 cm³/mol. The van der Waals surface area contributed by atoms with Crippen molar-refractivity contribution in [3.63, 3.8) is 0 Å². The third-order valence-electron chi connectivity index (χ3n) is 6.21. The summed E-state index contributed by atoms with van der Waals surface area (Å²) in [6.45, 7) is 3.17. The van der Waals surface area contributed by atoms with Gasteiger partial charge in [-0.05, 0) is 37.8 Å². The summed E-state index contributed by atoms with van der Waals surface area (Å²) in [4.78, 5) is 22.7. The number of aromatic nitrogens is 3. The highest BCUT2D eigenvalue weighted by Gasteiger charge is 2.25. The summed E-state index contributed by atoms with van der Waals surface area (Å²) in [5.74, 6) is 1.01. The SMILES string of the molecule is CNC(=O)c1ccnc(NC2CCC(Oc3cc(N4CCOCC4)cc4conc34)CC2)n1. The number of nitrogens with one attached hydrogen (secondary N) is 2. The van der Waals surface area contributed by atoms with E-state index in [-0.39, 0.29) is 18.1 Å². The lowest BCUT2D eigenvalue weighted by atomic mass is 9.93. The lowest BCUT2D eigenvalue weighted by Crippen LogP contribution is -2.36. The molecule has 174 valence electrons. The maximum atomic E-state index is 11.8. The molecular formula is C23H28N6O4. The average molecular weight is 453 g/mol. The smallest absolute Gasteiger partial charge is 0.269 e. The molecule has 0 bridgehead atoms. The molecule has 3 heterocycles. The van der Waals surface area contributed by atoms with E-state index < -0.39 is 0 Å². The normalized spacial score (nSPS) is 21.1. The van der Waals surface area contributed by atoms with Crippen LogP contribution in [0, 0.1) is 0 Å². The lowest BCUT2D eigenvalue weighted by Gasteiger charge is -2.31. The fraction of sp³-hybridized carbons (Fsp3) is 0.478. The third kappa shape index (κ3) is 4.85. The number of carbonyl (C=O) groups is 1. The quantitative estimate of drug-likeness (QED) is 0.582. The molecule has 1 aromatic carbocycles. The van der Waals surface area contributed by atoms with E-state index in [9.17, 15) is 4.79 Å². The molecule has 0 atom stereocenters. The predicted octanol–water partition coefficient (Wildman–Crippen LogP) is 2.62. The van der Waals surface area contributed by atoms with Crippen LogP contribution in [0.25, 0.3) is 10.9 Å². The van der Waals surface area contributed by atoms with Gasteiger partial charge >= 0.3 is 0 Å². The van der Waals surface area contributed by atoms with Gasteiger partial charge in [0.2, 0.25) is 5.95 Å². The molecule has 2 fully saturated rings. The number of anilines is 2. The van der Waals surface area contributed by atoms with Gasteiger partial charge in [-0.2, -0.15) is 0 Å². The average Bonchev–Trinajstić information content (AvgIpc) is 3.35. The van der Waals surface area contributed by atoms with Crippen molar-refractivity contribution in [3.8, 4) is 5.75 Å². The first-order valence-electron chi connectivity index (χ1n) is 11.4. The van der Waals surface area contributed by atoms with Gasteiger partial charge in [0.25, 0.3) is 5.91 Å². The van der Waals surface area contributed by atoms with E-state index in [0.29, 0.717) is 11.6 Å². The van der Waals surface area contributed by atoms with Crippen molar-refractivity contribution in [1.82, 2.24) is 20.4 Å². The number of nitrogens with zero attached hydrogens (tertiary/aromatic N) is 4. The fourth-order valence-corrected chi connectivity index (χ4v) is 4.40. The van der Waals surface area contributed by atoms with Crippen molar-refractivity contribution in [2.45, 2.75) is 37.8 Å². The lowest BCUT2D eigenvalue weighted by molar-refractivity contribution is 0.0958. The zero-order valence-electron chi connectivity index (χ0n) is 18.6. The molecule has 1 amide bonds. The molecule has 1 aliphatic heterocycles. The number of hydrogen-bond donors (Lipinski definition) is 2. The van der Waals surface area contributed by atoms with Crippen LogP contribution >= 0.6 is 0 Å². The Kier molecular flexibility index (Phi) is 6.25. The Bertz CT molecular complexity index is 1110. The molecule has 2 N–H and O–H groups in total.